The molecule has 0 saturated heterocycles. The van der Waals surface area contributed by atoms with E-state index in [0.29, 0.717) is 65.8 Å². The Kier molecular flexibility index (Phi) is 10.3. The molecule has 4 aromatic rings. The molecule has 0 N–H and O–H groups in total. The number of thiazole rings is 1. The van der Waals surface area contributed by atoms with Crippen molar-refractivity contribution in [3.05, 3.63) is 113 Å². The van der Waals surface area contributed by atoms with E-state index in [-0.39, 0.29) is 30.2 Å². The molecule has 0 bridgehead atoms. The summed E-state index contributed by atoms with van der Waals surface area (Å²) in [5, 5.41) is 0. The molecule has 0 aliphatic carbocycles. The normalized spacial score (nSPS) is 14.4. The minimum absolute atomic E-state index is 0.00188. The monoisotopic (exact) mass is 710 g/mol. The van der Waals surface area contributed by atoms with Gasteiger partial charge in [-0.3, -0.25) is 9.36 Å². The molecule has 46 heavy (non-hydrogen) atoms. The van der Waals surface area contributed by atoms with Gasteiger partial charge in [0.2, 0.25) is 0 Å². The molecule has 0 unspecified atom stereocenters. The van der Waals surface area contributed by atoms with Crippen LogP contribution in [0.15, 0.2) is 80.1 Å². The van der Waals surface area contributed by atoms with E-state index in [9.17, 15) is 14.0 Å². The summed E-state index contributed by atoms with van der Waals surface area (Å²) < 4.78 is 44.8. The maximum absolute atomic E-state index is 14.2. The number of benzene rings is 3. The van der Waals surface area contributed by atoms with Gasteiger partial charge in [0.25, 0.3) is 5.56 Å². The number of fused-ring (bicyclic) bond motifs is 1. The number of halogens is 2. The smallest absolute Gasteiger partial charge is 0.338 e. The van der Waals surface area contributed by atoms with Crippen molar-refractivity contribution < 1.29 is 32.9 Å². The minimum Gasteiger partial charge on any atom is -0.493 e. The molecule has 0 radical (unpaired) electrons. The zero-order chi connectivity index (χ0) is 33.0. The van der Waals surface area contributed by atoms with Crippen LogP contribution < -0.4 is 33.8 Å². The number of carbonyl (C=O) groups is 1. The predicted molar refractivity (Wildman–Crippen MR) is 176 cm³/mol. The van der Waals surface area contributed by atoms with Crippen molar-refractivity contribution in [1.29, 1.82) is 0 Å². The quantitative estimate of drug-likeness (QED) is 0.185. The summed E-state index contributed by atoms with van der Waals surface area (Å²) in [5.74, 6) is 0.867. The molecule has 12 heteroatoms. The summed E-state index contributed by atoms with van der Waals surface area (Å²) in [4.78, 5) is 32.5. The number of aromatic nitrogens is 1. The summed E-state index contributed by atoms with van der Waals surface area (Å²) in [6.45, 7) is 5.87. The van der Waals surface area contributed by atoms with Crippen LogP contribution in [0.4, 0.5) is 4.39 Å². The topological polar surface area (TPSA) is 97.6 Å². The molecule has 1 aliphatic rings. The third-order valence-electron chi connectivity index (χ3n) is 7.20. The fourth-order valence-electron chi connectivity index (χ4n) is 5.12. The number of esters is 1. The highest BCUT2D eigenvalue weighted by Crippen LogP contribution is 2.38. The molecule has 3 aromatic carbocycles. The maximum atomic E-state index is 14.2. The molecule has 0 amide bonds. The van der Waals surface area contributed by atoms with Crippen molar-refractivity contribution >= 4 is 39.3 Å². The second-order valence-electron chi connectivity index (χ2n) is 10.1. The van der Waals surface area contributed by atoms with E-state index in [1.165, 1.54) is 29.1 Å². The molecular weight excluding hydrogens is 679 g/mol. The van der Waals surface area contributed by atoms with Crippen molar-refractivity contribution in [2.45, 2.75) is 33.4 Å². The molecule has 1 atom stereocenters. The zero-order valence-corrected chi connectivity index (χ0v) is 28.3. The molecule has 240 valence electrons. The molecular formula is C34H32BrFN2O7S. The van der Waals surface area contributed by atoms with Gasteiger partial charge in [0.1, 0.15) is 12.4 Å². The molecule has 9 nitrogen and oxygen atoms in total. The summed E-state index contributed by atoms with van der Waals surface area (Å²) in [7, 11) is 3.05. The Morgan fingerprint density at radius 2 is 1.78 bits per heavy atom. The molecule has 0 saturated carbocycles. The molecule has 1 aromatic heterocycles. The lowest BCUT2D eigenvalue weighted by Crippen LogP contribution is -2.40. The minimum atomic E-state index is -0.821. The van der Waals surface area contributed by atoms with E-state index < -0.39 is 12.0 Å². The van der Waals surface area contributed by atoms with Crippen molar-refractivity contribution in [2.24, 2.45) is 4.99 Å². The van der Waals surface area contributed by atoms with Gasteiger partial charge in [0.05, 0.1) is 53.8 Å². The van der Waals surface area contributed by atoms with Gasteiger partial charge >= 0.3 is 5.97 Å². The Morgan fingerprint density at radius 1 is 1.02 bits per heavy atom. The Balaban J connectivity index is 1.61. The van der Waals surface area contributed by atoms with Crippen LogP contribution in [0.3, 0.4) is 0 Å². The van der Waals surface area contributed by atoms with Crippen molar-refractivity contribution in [2.75, 3.05) is 27.4 Å². The SMILES string of the molecule is CCOC(=O)C1=C(C)N=c2s/c(=C\c3cc(Br)c(OCc4ccccc4F)c(OC)c3)c(=O)n2[C@@H]1c1ccc(OC)c(OCC)c1. The molecule has 5 rings (SSSR count). The second-order valence-corrected chi connectivity index (χ2v) is 11.9. The number of nitrogens with zero attached hydrogens (tertiary/aromatic N) is 2. The van der Waals surface area contributed by atoms with E-state index in [4.69, 9.17) is 23.7 Å². The Labute approximate surface area is 277 Å². The first-order chi connectivity index (χ1) is 22.2. The summed E-state index contributed by atoms with van der Waals surface area (Å²) >= 11 is 4.74. The van der Waals surface area contributed by atoms with E-state index >= 15 is 0 Å². The van der Waals surface area contributed by atoms with Crippen LogP contribution in [-0.2, 0) is 16.1 Å². The van der Waals surface area contributed by atoms with Gasteiger partial charge in [-0.25, -0.2) is 14.2 Å². The first-order valence-corrected chi connectivity index (χ1v) is 16.1. The van der Waals surface area contributed by atoms with E-state index in [0.717, 1.165) is 0 Å². The second kappa shape index (κ2) is 14.3. The first kappa shape index (κ1) is 33.0. The third-order valence-corrected chi connectivity index (χ3v) is 8.77. The molecule has 0 fully saturated rings. The lowest BCUT2D eigenvalue weighted by Gasteiger charge is -2.25. The summed E-state index contributed by atoms with van der Waals surface area (Å²) in [6, 6.07) is 14.4. The van der Waals surface area contributed by atoms with Gasteiger partial charge in [-0.1, -0.05) is 35.6 Å². The number of hydrogen-bond acceptors (Lipinski definition) is 9. The lowest BCUT2D eigenvalue weighted by molar-refractivity contribution is -0.139. The zero-order valence-electron chi connectivity index (χ0n) is 25.9. The Morgan fingerprint density at radius 3 is 2.48 bits per heavy atom. The van der Waals surface area contributed by atoms with Crippen LogP contribution in [0.5, 0.6) is 23.0 Å². The van der Waals surface area contributed by atoms with Crippen LogP contribution in [0.1, 0.15) is 43.5 Å². The van der Waals surface area contributed by atoms with Crippen LogP contribution in [0.25, 0.3) is 6.08 Å². The molecule has 2 heterocycles. The Hall–Kier alpha value is -4.42. The number of ether oxygens (including phenoxy) is 5. The number of allylic oxidation sites excluding steroid dienone is 1. The van der Waals surface area contributed by atoms with Gasteiger partial charge < -0.3 is 23.7 Å². The van der Waals surface area contributed by atoms with E-state index in [1.807, 2.05) is 6.92 Å². The first-order valence-electron chi connectivity index (χ1n) is 14.4. The van der Waals surface area contributed by atoms with Gasteiger partial charge in [0.15, 0.2) is 27.8 Å². The highest BCUT2D eigenvalue weighted by Gasteiger charge is 2.34. The largest absolute Gasteiger partial charge is 0.493 e. The van der Waals surface area contributed by atoms with E-state index in [2.05, 4.69) is 20.9 Å². The average Bonchev–Trinajstić information content (AvgIpc) is 3.34. The fraction of sp³-hybridized carbons (Fsp3) is 0.265. The van der Waals surface area contributed by atoms with Gasteiger partial charge in [-0.2, -0.15) is 0 Å². The highest BCUT2D eigenvalue weighted by molar-refractivity contribution is 9.10. The standard InChI is InChI=1S/C34H32BrFN2O7S/c1-6-43-26-17-21(12-13-25(26)41-4)30-29(33(40)44-7-2)19(3)37-34-38(30)32(39)28(46-34)16-20-14-23(35)31(27(15-20)42-5)45-18-22-10-8-9-11-24(22)36/h8-17,30H,6-7,18H2,1-5H3/b28-16-/t30-/m1/s1. The average molecular weight is 712 g/mol. The van der Waals surface area contributed by atoms with E-state index in [1.54, 1.807) is 75.6 Å². The number of hydrogen-bond donors (Lipinski definition) is 0. The molecule has 0 spiro atoms. The summed E-state index contributed by atoms with van der Waals surface area (Å²) in [6.07, 6.45) is 1.72. The number of methoxy groups -OCH3 is 2. The summed E-state index contributed by atoms with van der Waals surface area (Å²) in [5.41, 5.74) is 2.05. The number of rotatable bonds is 11. The lowest BCUT2D eigenvalue weighted by atomic mass is 9.95. The third kappa shape index (κ3) is 6.59. The van der Waals surface area contributed by atoms with Crippen LogP contribution in [0, 0.1) is 5.82 Å². The van der Waals surface area contributed by atoms with Gasteiger partial charge in [-0.05, 0) is 84.2 Å². The predicted octanol–water partition coefficient (Wildman–Crippen LogP) is 5.69. The van der Waals surface area contributed by atoms with Crippen molar-refractivity contribution in [3.63, 3.8) is 0 Å². The molecule has 1 aliphatic heterocycles. The number of carbonyl (C=O) groups excluding carboxylic acids is 1. The Bertz CT molecular complexity index is 2000. The van der Waals surface area contributed by atoms with Crippen LogP contribution >= 0.6 is 27.3 Å². The van der Waals surface area contributed by atoms with Gasteiger partial charge in [0, 0.05) is 5.56 Å². The fourth-order valence-corrected chi connectivity index (χ4v) is 6.74. The van der Waals surface area contributed by atoms with Crippen LogP contribution in [0.2, 0.25) is 0 Å². The van der Waals surface area contributed by atoms with Crippen LogP contribution in [-0.4, -0.2) is 38.0 Å². The van der Waals surface area contributed by atoms with Crippen molar-refractivity contribution in [1.82, 2.24) is 4.57 Å². The van der Waals surface area contributed by atoms with Gasteiger partial charge in [-0.15, -0.1) is 0 Å². The van der Waals surface area contributed by atoms with Crippen molar-refractivity contribution in [3.8, 4) is 23.0 Å². The maximum Gasteiger partial charge on any atom is 0.338 e. The highest BCUT2D eigenvalue weighted by atomic mass is 79.9.